The topological polar surface area (TPSA) is 58.6 Å². The van der Waals surface area contributed by atoms with E-state index in [4.69, 9.17) is 4.74 Å². The number of amides is 2. The van der Waals surface area contributed by atoms with Crippen molar-refractivity contribution >= 4 is 17.5 Å². The lowest BCUT2D eigenvalue weighted by atomic mass is 9.96. The number of benzene rings is 2. The maximum absolute atomic E-state index is 12.7. The van der Waals surface area contributed by atoms with Crippen LogP contribution in [0.4, 0.5) is 5.69 Å². The number of nitrogens with zero attached hydrogens (tertiary/aromatic N) is 1. The fourth-order valence-electron chi connectivity index (χ4n) is 3.49. The van der Waals surface area contributed by atoms with Gasteiger partial charge in [-0.3, -0.25) is 9.59 Å². The van der Waals surface area contributed by atoms with Gasteiger partial charge in [0.15, 0.2) is 0 Å². The molecule has 3 rings (SSSR count). The maximum atomic E-state index is 12.7. The van der Waals surface area contributed by atoms with E-state index in [2.05, 4.69) is 31.3 Å². The van der Waals surface area contributed by atoms with Crippen molar-refractivity contribution in [2.75, 3.05) is 31.6 Å². The summed E-state index contributed by atoms with van der Waals surface area (Å²) in [5, 5.41) is 2.95. The molecule has 1 aliphatic rings. The molecule has 29 heavy (non-hydrogen) atoms. The number of rotatable bonds is 6. The first-order chi connectivity index (χ1) is 13.9. The molecule has 154 valence electrons. The van der Waals surface area contributed by atoms with E-state index in [-0.39, 0.29) is 17.7 Å². The summed E-state index contributed by atoms with van der Waals surface area (Å²) in [7, 11) is 0. The number of morpholine rings is 1. The Kier molecular flexibility index (Phi) is 7.04. The van der Waals surface area contributed by atoms with E-state index in [1.165, 1.54) is 5.56 Å². The molecule has 2 aromatic rings. The third-order valence-electron chi connectivity index (χ3n) is 5.19. The van der Waals surface area contributed by atoms with Gasteiger partial charge in [0.05, 0.1) is 19.1 Å². The van der Waals surface area contributed by atoms with Crippen LogP contribution in [-0.4, -0.2) is 43.0 Å². The van der Waals surface area contributed by atoms with Gasteiger partial charge < -0.3 is 15.0 Å². The highest BCUT2D eigenvalue weighted by Gasteiger charge is 2.20. The molecule has 0 radical (unpaired) electrons. The van der Waals surface area contributed by atoms with Crippen molar-refractivity contribution in [3.8, 4) is 0 Å². The Balaban J connectivity index is 1.64. The van der Waals surface area contributed by atoms with Gasteiger partial charge in [-0.2, -0.15) is 0 Å². The first-order valence-electron chi connectivity index (χ1n) is 10.3. The van der Waals surface area contributed by atoms with Crippen LogP contribution in [0.3, 0.4) is 0 Å². The Morgan fingerprint density at radius 1 is 1.03 bits per heavy atom. The van der Waals surface area contributed by atoms with Crippen molar-refractivity contribution in [3.63, 3.8) is 0 Å². The minimum atomic E-state index is -0.276. The molecule has 2 amide bonds. The Bertz CT molecular complexity index is 839. The quantitative estimate of drug-likeness (QED) is 0.802. The zero-order valence-corrected chi connectivity index (χ0v) is 17.5. The van der Waals surface area contributed by atoms with E-state index in [9.17, 15) is 9.59 Å². The van der Waals surface area contributed by atoms with Crippen LogP contribution >= 0.6 is 0 Å². The highest BCUT2D eigenvalue weighted by Crippen LogP contribution is 2.21. The SMILES string of the molecule is CC(C)Cc1ccc(C(C)C(=O)Nc2cccc(C(=O)N3CCOCC3)c2)cc1. The normalized spacial score (nSPS) is 15.2. The number of ether oxygens (including phenoxy) is 1. The van der Waals surface area contributed by atoms with Crippen molar-refractivity contribution in [1.29, 1.82) is 0 Å². The molecule has 1 fully saturated rings. The van der Waals surface area contributed by atoms with Crippen LogP contribution in [0.5, 0.6) is 0 Å². The van der Waals surface area contributed by atoms with Crippen molar-refractivity contribution < 1.29 is 14.3 Å². The predicted octanol–water partition coefficient (Wildman–Crippen LogP) is 4.10. The average molecular weight is 395 g/mol. The average Bonchev–Trinajstić information content (AvgIpc) is 2.73. The zero-order chi connectivity index (χ0) is 20.8. The number of carbonyl (C=O) groups is 2. The molecule has 5 nitrogen and oxygen atoms in total. The van der Waals surface area contributed by atoms with Crippen LogP contribution in [-0.2, 0) is 16.0 Å². The fourth-order valence-corrected chi connectivity index (χ4v) is 3.49. The van der Waals surface area contributed by atoms with Crippen molar-refractivity contribution in [3.05, 3.63) is 65.2 Å². The van der Waals surface area contributed by atoms with Gasteiger partial charge in [-0.1, -0.05) is 44.2 Å². The van der Waals surface area contributed by atoms with Gasteiger partial charge in [0.2, 0.25) is 5.91 Å². The standard InChI is InChI=1S/C24H30N2O3/c1-17(2)15-19-7-9-20(10-8-19)18(3)23(27)25-22-6-4-5-21(16-22)24(28)26-11-13-29-14-12-26/h4-10,16-18H,11-15H2,1-3H3,(H,25,27). The molecule has 0 bridgehead atoms. The second-order valence-electron chi connectivity index (χ2n) is 8.04. The molecule has 1 heterocycles. The van der Waals surface area contributed by atoms with Gasteiger partial charge in [0.25, 0.3) is 5.91 Å². The second-order valence-corrected chi connectivity index (χ2v) is 8.04. The first kappa shape index (κ1) is 21.1. The van der Waals surface area contributed by atoms with E-state index in [0.717, 1.165) is 12.0 Å². The smallest absolute Gasteiger partial charge is 0.254 e. The largest absolute Gasteiger partial charge is 0.378 e. The van der Waals surface area contributed by atoms with Crippen molar-refractivity contribution in [1.82, 2.24) is 4.90 Å². The molecule has 2 aromatic carbocycles. The third kappa shape index (κ3) is 5.67. The van der Waals surface area contributed by atoms with E-state index < -0.39 is 0 Å². The summed E-state index contributed by atoms with van der Waals surface area (Å²) in [6, 6.07) is 15.4. The molecule has 1 aliphatic heterocycles. The molecule has 0 aliphatic carbocycles. The summed E-state index contributed by atoms with van der Waals surface area (Å²) >= 11 is 0. The van der Waals surface area contributed by atoms with Gasteiger partial charge in [-0.15, -0.1) is 0 Å². The summed E-state index contributed by atoms with van der Waals surface area (Å²) in [6.07, 6.45) is 1.03. The second kappa shape index (κ2) is 9.70. The van der Waals surface area contributed by atoms with Crippen molar-refractivity contribution in [2.45, 2.75) is 33.1 Å². The molecule has 0 spiro atoms. The van der Waals surface area contributed by atoms with E-state index in [1.54, 1.807) is 23.1 Å². The van der Waals surface area contributed by atoms with Gasteiger partial charge in [-0.05, 0) is 48.6 Å². The van der Waals surface area contributed by atoms with Crippen LogP contribution in [0.2, 0.25) is 0 Å². The summed E-state index contributed by atoms with van der Waals surface area (Å²) in [6.45, 7) is 8.61. The highest BCUT2D eigenvalue weighted by molar-refractivity contribution is 5.99. The number of nitrogens with one attached hydrogen (secondary N) is 1. The Hall–Kier alpha value is -2.66. The summed E-state index contributed by atoms with van der Waals surface area (Å²) < 4.78 is 5.31. The highest BCUT2D eigenvalue weighted by atomic mass is 16.5. The first-order valence-corrected chi connectivity index (χ1v) is 10.3. The van der Waals surface area contributed by atoms with E-state index in [1.807, 2.05) is 25.1 Å². The molecule has 1 N–H and O–H groups in total. The predicted molar refractivity (Wildman–Crippen MR) is 115 cm³/mol. The Morgan fingerprint density at radius 2 is 1.72 bits per heavy atom. The van der Waals surface area contributed by atoms with Gasteiger partial charge in [0.1, 0.15) is 0 Å². The minimum Gasteiger partial charge on any atom is -0.378 e. The van der Waals surface area contributed by atoms with E-state index in [0.29, 0.717) is 43.5 Å². The van der Waals surface area contributed by atoms with E-state index >= 15 is 0 Å². The lowest BCUT2D eigenvalue weighted by molar-refractivity contribution is -0.117. The molecule has 5 heteroatoms. The molecule has 1 saturated heterocycles. The van der Waals surface area contributed by atoms with Gasteiger partial charge >= 0.3 is 0 Å². The lowest BCUT2D eigenvalue weighted by Crippen LogP contribution is -2.40. The van der Waals surface area contributed by atoms with Crippen molar-refractivity contribution in [2.24, 2.45) is 5.92 Å². The number of hydrogen-bond acceptors (Lipinski definition) is 3. The summed E-state index contributed by atoms with van der Waals surface area (Å²) in [5.41, 5.74) is 3.48. The molecule has 1 unspecified atom stereocenters. The van der Waals surface area contributed by atoms with Crippen LogP contribution in [0.15, 0.2) is 48.5 Å². The van der Waals surface area contributed by atoms with Crippen LogP contribution in [0.1, 0.15) is 48.2 Å². The van der Waals surface area contributed by atoms with Gasteiger partial charge in [0, 0.05) is 24.3 Å². The fraction of sp³-hybridized carbons (Fsp3) is 0.417. The maximum Gasteiger partial charge on any atom is 0.254 e. The third-order valence-corrected chi connectivity index (χ3v) is 5.19. The lowest BCUT2D eigenvalue weighted by Gasteiger charge is -2.27. The summed E-state index contributed by atoms with van der Waals surface area (Å²) in [4.78, 5) is 27.2. The van der Waals surface area contributed by atoms with Gasteiger partial charge in [-0.25, -0.2) is 0 Å². The molecular formula is C24H30N2O3. The number of hydrogen-bond donors (Lipinski definition) is 1. The molecular weight excluding hydrogens is 364 g/mol. The monoisotopic (exact) mass is 394 g/mol. The van der Waals surface area contributed by atoms with Crippen LogP contribution < -0.4 is 5.32 Å². The number of carbonyl (C=O) groups excluding carboxylic acids is 2. The Labute approximate surface area is 173 Å². The minimum absolute atomic E-state index is 0.0295. The zero-order valence-electron chi connectivity index (χ0n) is 17.5. The molecule has 1 atom stereocenters. The Morgan fingerprint density at radius 3 is 2.38 bits per heavy atom. The summed E-state index contributed by atoms with van der Waals surface area (Å²) in [5.74, 6) is 0.214. The number of anilines is 1. The van der Waals surface area contributed by atoms with Crippen LogP contribution in [0, 0.1) is 5.92 Å². The van der Waals surface area contributed by atoms with Crippen LogP contribution in [0.25, 0.3) is 0 Å². The molecule has 0 aromatic heterocycles. The molecule has 0 saturated carbocycles.